The Morgan fingerprint density at radius 2 is 1.59 bits per heavy atom. The number of allylic oxidation sites excluding steroid dienone is 5. The molecule has 2 N–H and O–H groups in total. The number of amides is 1. The van der Waals surface area contributed by atoms with E-state index in [9.17, 15) is 19.5 Å². The Morgan fingerprint density at radius 3 is 2.14 bits per heavy atom. The van der Waals surface area contributed by atoms with Crippen LogP contribution in [-0.4, -0.2) is 47.1 Å². The molecular formula is C22H35NO5S. The van der Waals surface area contributed by atoms with Crippen LogP contribution < -0.4 is 5.32 Å². The van der Waals surface area contributed by atoms with Crippen LogP contribution >= 0.6 is 11.8 Å². The lowest BCUT2D eigenvalue weighted by Gasteiger charge is -2.13. The van der Waals surface area contributed by atoms with E-state index < -0.39 is 23.9 Å². The molecule has 0 fully saturated rings. The predicted molar refractivity (Wildman–Crippen MR) is 119 cm³/mol. The van der Waals surface area contributed by atoms with Crippen LogP contribution in [0.1, 0.15) is 60.3 Å². The van der Waals surface area contributed by atoms with Gasteiger partial charge < -0.3 is 15.2 Å². The number of esters is 1. The SMILES string of the molecule is CCOC(=O)C(=O)NC(CSCC=C(C)CCC=C(C)CCC=C(C)C)C(=O)O. The third-order valence-electron chi connectivity index (χ3n) is 4.02. The second-order valence-corrected chi connectivity index (χ2v) is 8.16. The summed E-state index contributed by atoms with van der Waals surface area (Å²) in [6, 6.07) is -1.13. The molecule has 164 valence electrons. The molecule has 0 aliphatic carbocycles. The van der Waals surface area contributed by atoms with Gasteiger partial charge in [0.05, 0.1) is 6.61 Å². The number of ether oxygens (including phenoxy) is 1. The molecule has 0 aliphatic rings. The van der Waals surface area contributed by atoms with E-state index in [-0.39, 0.29) is 12.4 Å². The molecule has 0 rings (SSSR count). The normalized spacial score (nSPS) is 12.9. The monoisotopic (exact) mass is 425 g/mol. The molecule has 1 atom stereocenters. The minimum atomic E-state index is -1.18. The molecule has 29 heavy (non-hydrogen) atoms. The Hall–Kier alpha value is -2.02. The average molecular weight is 426 g/mol. The van der Waals surface area contributed by atoms with E-state index in [1.807, 2.05) is 0 Å². The van der Waals surface area contributed by atoms with E-state index in [1.54, 1.807) is 6.92 Å². The number of rotatable bonds is 13. The number of thioether (sulfide) groups is 1. The number of nitrogens with one attached hydrogen (secondary N) is 1. The molecule has 0 saturated heterocycles. The lowest BCUT2D eigenvalue weighted by atomic mass is 10.1. The minimum Gasteiger partial charge on any atom is -0.480 e. The van der Waals surface area contributed by atoms with E-state index >= 15 is 0 Å². The summed E-state index contributed by atoms with van der Waals surface area (Å²) in [6.45, 7) is 10.1. The van der Waals surface area contributed by atoms with Gasteiger partial charge in [0.2, 0.25) is 0 Å². The highest BCUT2D eigenvalue weighted by Gasteiger charge is 2.24. The van der Waals surface area contributed by atoms with Crippen molar-refractivity contribution in [1.29, 1.82) is 0 Å². The van der Waals surface area contributed by atoms with Gasteiger partial charge in [-0.3, -0.25) is 4.79 Å². The molecule has 1 unspecified atom stereocenters. The fourth-order valence-electron chi connectivity index (χ4n) is 2.31. The van der Waals surface area contributed by atoms with Gasteiger partial charge in [0.1, 0.15) is 6.04 Å². The number of aliphatic carboxylic acids is 1. The van der Waals surface area contributed by atoms with Gasteiger partial charge >= 0.3 is 17.8 Å². The van der Waals surface area contributed by atoms with Gasteiger partial charge in [-0.15, -0.1) is 0 Å². The van der Waals surface area contributed by atoms with E-state index in [2.05, 4.69) is 56.0 Å². The van der Waals surface area contributed by atoms with Crippen molar-refractivity contribution >= 4 is 29.6 Å². The second kappa shape index (κ2) is 15.9. The van der Waals surface area contributed by atoms with Gasteiger partial charge in [0, 0.05) is 11.5 Å². The van der Waals surface area contributed by atoms with E-state index in [0.29, 0.717) is 5.75 Å². The van der Waals surface area contributed by atoms with Crippen molar-refractivity contribution in [2.24, 2.45) is 0 Å². The molecule has 1 amide bonds. The Kier molecular flexibility index (Phi) is 14.7. The van der Waals surface area contributed by atoms with Gasteiger partial charge in [-0.05, 0) is 60.3 Å². The zero-order valence-corrected chi connectivity index (χ0v) is 19.1. The van der Waals surface area contributed by atoms with Crippen LogP contribution in [0.5, 0.6) is 0 Å². The van der Waals surface area contributed by atoms with Crippen LogP contribution in [0, 0.1) is 0 Å². The number of hydrogen-bond donors (Lipinski definition) is 2. The maximum atomic E-state index is 11.6. The van der Waals surface area contributed by atoms with Crippen molar-refractivity contribution in [3.63, 3.8) is 0 Å². The summed E-state index contributed by atoms with van der Waals surface area (Å²) in [5.41, 5.74) is 3.99. The molecule has 0 bridgehead atoms. The van der Waals surface area contributed by atoms with Crippen LogP contribution in [-0.2, 0) is 19.1 Å². The van der Waals surface area contributed by atoms with Crippen LogP contribution in [0.2, 0.25) is 0 Å². The van der Waals surface area contributed by atoms with Crippen LogP contribution in [0.3, 0.4) is 0 Å². The summed E-state index contributed by atoms with van der Waals surface area (Å²) in [4.78, 5) is 34.1. The van der Waals surface area contributed by atoms with Gasteiger partial charge in [0.25, 0.3) is 0 Å². The first-order valence-electron chi connectivity index (χ1n) is 9.90. The number of carboxylic acid groups (broad SMARTS) is 1. The minimum absolute atomic E-state index is 0.0625. The van der Waals surface area contributed by atoms with E-state index in [4.69, 9.17) is 0 Å². The fraction of sp³-hybridized carbons (Fsp3) is 0.591. The van der Waals surface area contributed by atoms with Crippen molar-refractivity contribution in [2.45, 2.75) is 66.3 Å². The zero-order chi connectivity index (χ0) is 22.2. The molecule has 0 aromatic carbocycles. The first kappa shape index (κ1) is 27.0. The fourth-order valence-corrected chi connectivity index (χ4v) is 3.31. The summed E-state index contributed by atoms with van der Waals surface area (Å²) in [5, 5.41) is 11.4. The summed E-state index contributed by atoms with van der Waals surface area (Å²) >= 11 is 1.39. The Morgan fingerprint density at radius 1 is 1.00 bits per heavy atom. The van der Waals surface area contributed by atoms with Crippen molar-refractivity contribution in [2.75, 3.05) is 18.1 Å². The highest BCUT2D eigenvalue weighted by molar-refractivity contribution is 7.99. The van der Waals surface area contributed by atoms with Crippen LogP contribution in [0.15, 0.2) is 34.9 Å². The largest absolute Gasteiger partial charge is 0.480 e. The van der Waals surface area contributed by atoms with Crippen LogP contribution in [0.4, 0.5) is 0 Å². The third-order valence-corrected chi connectivity index (χ3v) is 4.99. The standard InChI is InChI=1S/C22H35NO5S/c1-6-28-22(27)20(24)23-19(21(25)26)15-29-14-13-18(5)12-8-11-17(4)10-7-9-16(2)3/h9,11,13,19H,6-8,10,12,14-15H2,1-5H3,(H,23,24)(H,25,26). The molecule has 0 aromatic heterocycles. The summed E-state index contributed by atoms with van der Waals surface area (Å²) in [6.07, 6.45) is 10.7. The summed E-state index contributed by atoms with van der Waals surface area (Å²) in [7, 11) is 0. The molecule has 0 saturated carbocycles. The second-order valence-electron chi connectivity index (χ2n) is 7.08. The molecule has 0 spiro atoms. The Balaban J connectivity index is 4.27. The van der Waals surface area contributed by atoms with E-state index in [0.717, 1.165) is 25.7 Å². The molecule has 0 heterocycles. The summed E-state index contributed by atoms with van der Waals surface area (Å²) in [5.74, 6) is -2.45. The zero-order valence-electron chi connectivity index (χ0n) is 18.2. The number of carbonyl (C=O) groups excluding carboxylic acids is 2. The van der Waals surface area contributed by atoms with Crippen LogP contribution in [0.25, 0.3) is 0 Å². The predicted octanol–water partition coefficient (Wildman–Crippen LogP) is 4.27. The van der Waals surface area contributed by atoms with E-state index in [1.165, 1.54) is 28.5 Å². The molecule has 7 heteroatoms. The number of carbonyl (C=O) groups is 3. The smallest absolute Gasteiger partial charge is 0.396 e. The topological polar surface area (TPSA) is 92.7 Å². The van der Waals surface area contributed by atoms with Crippen molar-refractivity contribution in [3.8, 4) is 0 Å². The first-order valence-corrected chi connectivity index (χ1v) is 11.1. The van der Waals surface area contributed by atoms with Crippen molar-refractivity contribution < 1.29 is 24.2 Å². The molecular weight excluding hydrogens is 390 g/mol. The highest BCUT2D eigenvalue weighted by atomic mass is 32.2. The maximum absolute atomic E-state index is 11.6. The quantitative estimate of drug-likeness (QED) is 0.198. The Bertz CT molecular complexity index is 633. The van der Waals surface area contributed by atoms with Crippen molar-refractivity contribution in [1.82, 2.24) is 5.32 Å². The number of carboxylic acids is 1. The average Bonchev–Trinajstić information content (AvgIpc) is 2.63. The van der Waals surface area contributed by atoms with Gasteiger partial charge in [-0.1, -0.05) is 34.9 Å². The van der Waals surface area contributed by atoms with Gasteiger partial charge in [0.15, 0.2) is 0 Å². The van der Waals surface area contributed by atoms with Gasteiger partial charge in [-0.25, -0.2) is 9.59 Å². The molecule has 6 nitrogen and oxygen atoms in total. The summed E-state index contributed by atoms with van der Waals surface area (Å²) < 4.78 is 4.56. The van der Waals surface area contributed by atoms with Gasteiger partial charge in [-0.2, -0.15) is 11.8 Å². The maximum Gasteiger partial charge on any atom is 0.396 e. The third kappa shape index (κ3) is 14.6. The highest BCUT2D eigenvalue weighted by Crippen LogP contribution is 2.13. The molecule has 0 radical (unpaired) electrons. The Labute approximate surface area is 178 Å². The lowest BCUT2D eigenvalue weighted by molar-refractivity contribution is -0.155. The molecule has 0 aliphatic heterocycles. The number of hydrogen-bond acceptors (Lipinski definition) is 5. The lowest BCUT2D eigenvalue weighted by Crippen LogP contribution is -2.46. The van der Waals surface area contributed by atoms with Crippen molar-refractivity contribution in [3.05, 3.63) is 34.9 Å². The first-order chi connectivity index (χ1) is 13.7. The molecule has 0 aromatic rings.